The van der Waals surface area contributed by atoms with Gasteiger partial charge < -0.3 is 4.74 Å². The number of ether oxygens (including phenoxy) is 1. The first-order valence-electron chi connectivity index (χ1n) is 7.45. The molecule has 0 bridgehead atoms. The normalized spacial score (nSPS) is 24.1. The second-order valence-corrected chi connectivity index (χ2v) is 5.65. The van der Waals surface area contributed by atoms with Crippen molar-refractivity contribution in [2.45, 2.75) is 25.7 Å². The van der Waals surface area contributed by atoms with Crippen molar-refractivity contribution >= 4 is 17.7 Å². The highest BCUT2D eigenvalue weighted by Crippen LogP contribution is 2.37. The number of methoxy groups -OCH3 is 1. The molecular weight excluding hydrogens is 284 g/mol. The maximum Gasteiger partial charge on any atom is 0.274 e. The molecule has 22 heavy (non-hydrogen) atoms. The number of hydrazine groups is 1. The van der Waals surface area contributed by atoms with Crippen molar-refractivity contribution in [1.82, 2.24) is 10.4 Å². The van der Waals surface area contributed by atoms with Crippen LogP contribution in [0.1, 0.15) is 36.0 Å². The van der Waals surface area contributed by atoms with Crippen LogP contribution in [-0.4, -0.2) is 29.8 Å². The predicted octanol–water partition coefficient (Wildman–Crippen LogP) is 1.52. The van der Waals surface area contributed by atoms with Crippen molar-refractivity contribution in [3.8, 4) is 5.75 Å². The number of nitrogens with one attached hydrogen (secondary N) is 1. The lowest BCUT2D eigenvalue weighted by atomic mass is 9.81. The number of hydrogen-bond donors (Lipinski definition) is 1. The molecule has 6 nitrogen and oxygen atoms in total. The molecule has 1 N–H and O–H groups in total. The Morgan fingerprint density at radius 3 is 2.32 bits per heavy atom. The molecule has 1 heterocycles. The van der Waals surface area contributed by atoms with E-state index in [1.165, 1.54) is 7.11 Å². The van der Waals surface area contributed by atoms with Gasteiger partial charge in [0.2, 0.25) is 0 Å². The average Bonchev–Trinajstić information content (AvgIpc) is 2.80. The summed E-state index contributed by atoms with van der Waals surface area (Å²) in [5.41, 5.74) is 2.73. The maximum atomic E-state index is 12.3. The fourth-order valence-corrected chi connectivity index (χ4v) is 3.27. The molecule has 0 spiro atoms. The Labute approximate surface area is 128 Å². The van der Waals surface area contributed by atoms with E-state index in [1.807, 2.05) is 0 Å². The van der Waals surface area contributed by atoms with E-state index in [1.54, 1.807) is 24.3 Å². The van der Waals surface area contributed by atoms with Gasteiger partial charge in [0.25, 0.3) is 17.7 Å². The van der Waals surface area contributed by atoms with Crippen molar-refractivity contribution in [2.75, 3.05) is 7.11 Å². The summed E-state index contributed by atoms with van der Waals surface area (Å²) in [6, 6.07) is 6.69. The molecule has 2 atom stereocenters. The minimum Gasteiger partial charge on any atom is -0.496 e. The first-order valence-corrected chi connectivity index (χ1v) is 7.45. The lowest BCUT2D eigenvalue weighted by Gasteiger charge is -2.19. The zero-order valence-electron chi connectivity index (χ0n) is 12.4. The summed E-state index contributed by atoms with van der Waals surface area (Å²) in [6.45, 7) is 0. The highest BCUT2D eigenvalue weighted by atomic mass is 16.5. The van der Waals surface area contributed by atoms with Gasteiger partial charge >= 0.3 is 0 Å². The van der Waals surface area contributed by atoms with E-state index in [9.17, 15) is 14.4 Å². The number of carbonyl (C=O) groups excluding carboxylic acids is 3. The van der Waals surface area contributed by atoms with Crippen LogP contribution < -0.4 is 10.2 Å². The molecule has 1 saturated carbocycles. The minimum absolute atomic E-state index is 0.279. The van der Waals surface area contributed by atoms with Crippen molar-refractivity contribution in [2.24, 2.45) is 11.8 Å². The number of carbonyl (C=O) groups is 3. The van der Waals surface area contributed by atoms with E-state index >= 15 is 0 Å². The molecule has 2 unspecified atom stereocenters. The standard InChI is InChI=1S/C16H18N2O4/c1-22-13-9-5-4-8-12(13)14(19)17-18-15(20)10-6-2-3-7-11(10)16(18)21/h4-5,8-11H,2-3,6-7H2,1H3,(H,17,19). The third-order valence-electron chi connectivity index (χ3n) is 4.41. The molecule has 2 fully saturated rings. The Balaban J connectivity index is 1.79. The van der Waals surface area contributed by atoms with Crippen molar-refractivity contribution in [3.05, 3.63) is 29.8 Å². The minimum atomic E-state index is -0.516. The molecule has 1 aliphatic heterocycles. The molecule has 0 radical (unpaired) electrons. The van der Waals surface area contributed by atoms with Crippen LogP contribution in [0.25, 0.3) is 0 Å². The quantitative estimate of drug-likeness (QED) is 0.859. The van der Waals surface area contributed by atoms with Gasteiger partial charge in [-0.05, 0) is 25.0 Å². The van der Waals surface area contributed by atoms with Gasteiger partial charge in [-0.2, -0.15) is 5.01 Å². The number of amides is 3. The molecule has 3 rings (SSSR count). The SMILES string of the molecule is COc1ccccc1C(=O)NN1C(=O)C2CCCCC2C1=O. The zero-order valence-corrected chi connectivity index (χ0v) is 12.4. The van der Waals surface area contributed by atoms with Crippen molar-refractivity contribution in [1.29, 1.82) is 0 Å². The fourth-order valence-electron chi connectivity index (χ4n) is 3.27. The van der Waals surface area contributed by atoms with Gasteiger partial charge in [0.1, 0.15) is 5.75 Å². The Kier molecular flexibility index (Phi) is 3.83. The summed E-state index contributed by atoms with van der Waals surface area (Å²) in [7, 11) is 1.47. The summed E-state index contributed by atoms with van der Waals surface area (Å²) >= 11 is 0. The molecular formula is C16H18N2O4. The Morgan fingerprint density at radius 2 is 1.73 bits per heavy atom. The number of para-hydroxylation sites is 1. The number of fused-ring (bicyclic) bond motifs is 1. The van der Waals surface area contributed by atoms with Gasteiger partial charge in [0, 0.05) is 0 Å². The highest BCUT2D eigenvalue weighted by Gasteiger charge is 2.49. The van der Waals surface area contributed by atoms with Crippen LogP contribution >= 0.6 is 0 Å². The van der Waals surface area contributed by atoms with Gasteiger partial charge in [-0.25, -0.2) is 0 Å². The van der Waals surface area contributed by atoms with Crippen LogP contribution in [0.2, 0.25) is 0 Å². The average molecular weight is 302 g/mol. The Hall–Kier alpha value is -2.37. The molecule has 1 aliphatic carbocycles. The molecule has 0 aromatic heterocycles. The summed E-state index contributed by atoms with van der Waals surface area (Å²) in [6.07, 6.45) is 3.34. The number of imide groups is 1. The lowest BCUT2D eigenvalue weighted by molar-refractivity contribution is -0.142. The molecule has 6 heteroatoms. The molecule has 1 saturated heterocycles. The van der Waals surface area contributed by atoms with E-state index < -0.39 is 5.91 Å². The largest absolute Gasteiger partial charge is 0.496 e. The van der Waals surface area contributed by atoms with E-state index in [2.05, 4.69) is 5.43 Å². The number of rotatable bonds is 3. The van der Waals surface area contributed by atoms with Gasteiger partial charge in [0.15, 0.2) is 0 Å². The summed E-state index contributed by atoms with van der Waals surface area (Å²) in [5.74, 6) is -1.26. The molecule has 1 aromatic rings. The monoisotopic (exact) mass is 302 g/mol. The first kappa shape index (κ1) is 14.6. The van der Waals surface area contributed by atoms with Crippen LogP contribution in [0.4, 0.5) is 0 Å². The van der Waals surface area contributed by atoms with E-state index in [0.717, 1.165) is 30.7 Å². The van der Waals surface area contributed by atoms with Crippen molar-refractivity contribution < 1.29 is 19.1 Å². The molecule has 1 aromatic carbocycles. The van der Waals surface area contributed by atoms with E-state index in [0.29, 0.717) is 11.3 Å². The molecule has 3 amide bonds. The van der Waals surface area contributed by atoms with Crippen LogP contribution in [0.15, 0.2) is 24.3 Å². The van der Waals surface area contributed by atoms with E-state index in [-0.39, 0.29) is 23.7 Å². The Bertz CT molecular complexity index is 604. The summed E-state index contributed by atoms with van der Waals surface area (Å²) in [4.78, 5) is 37.0. The second-order valence-electron chi connectivity index (χ2n) is 5.65. The zero-order chi connectivity index (χ0) is 15.7. The van der Waals surface area contributed by atoms with Gasteiger partial charge in [-0.15, -0.1) is 0 Å². The lowest BCUT2D eigenvalue weighted by Crippen LogP contribution is -2.46. The van der Waals surface area contributed by atoms with Crippen molar-refractivity contribution in [3.63, 3.8) is 0 Å². The predicted molar refractivity (Wildman–Crippen MR) is 77.8 cm³/mol. The van der Waals surface area contributed by atoms with Crippen LogP contribution in [0.5, 0.6) is 5.75 Å². The number of nitrogens with zero attached hydrogens (tertiary/aromatic N) is 1. The fraction of sp³-hybridized carbons (Fsp3) is 0.438. The van der Waals surface area contributed by atoms with Crippen LogP contribution in [0, 0.1) is 11.8 Å². The second kappa shape index (κ2) is 5.79. The third kappa shape index (κ3) is 2.34. The van der Waals surface area contributed by atoms with Crippen LogP contribution in [0.3, 0.4) is 0 Å². The smallest absolute Gasteiger partial charge is 0.274 e. The molecule has 116 valence electrons. The third-order valence-corrected chi connectivity index (χ3v) is 4.41. The summed E-state index contributed by atoms with van der Waals surface area (Å²) < 4.78 is 5.13. The van der Waals surface area contributed by atoms with Crippen LogP contribution in [-0.2, 0) is 9.59 Å². The Morgan fingerprint density at radius 1 is 1.14 bits per heavy atom. The maximum absolute atomic E-state index is 12.3. The highest BCUT2D eigenvalue weighted by molar-refractivity contribution is 6.08. The topological polar surface area (TPSA) is 75.7 Å². The first-order chi connectivity index (χ1) is 10.6. The van der Waals surface area contributed by atoms with Gasteiger partial charge in [-0.1, -0.05) is 25.0 Å². The van der Waals surface area contributed by atoms with Gasteiger partial charge in [-0.3, -0.25) is 19.8 Å². The van der Waals surface area contributed by atoms with Gasteiger partial charge in [0.05, 0.1) is 24.5 Å². The number of hydrogen-bond acceptors (Lipinski definition) is 4. The van der Waals surface area contributed by atoms with E-state index in [4.69, 9.17) is 4.74 Å². The summed E-state index contributed by atoms with van der Waals surface area (Å²) in [5, 5.41) is 0.898. The molecule has 2 aliphatic rings. The number of benzene rings is 1.